The molecule has 1 saturated heterocycles. The number of pyridine rings is 2. The fraction of sp³-hybridized carbons (Fsp3) is 0.448. The van der Waals surface area contributed by atoms with Crippen molar-refractivity contribution in [3.05, 3.63) is 59.9 Å². The van der Waals surface area contributed by atoms with Gasteiger partial charge in [0.1, 0.15) is 11.9 Å². The van der Waals surface area contributed by atoms with Crippen LogP contribution in [0.2, 0.25) is 0 Å². The summed E-state index contributed by atoms with van der Waals surface area (Å²) in [6, 6.07) is 12.7. The lowest BCUT2D eigenvalue weighted by atomic mass is 9.96. The minimum absolute atomic E-state index is 0.0132. The first-order chi connectivity index (χ1) is 18.6. The van der Waals surface area contributed by atoms with Crippen LogP contribution in [0, 0.1) is 5.92 Å². The number of para-hydroxylation sites is 1. The number of fused-ring (bicyclic) bond motifs is 2. The molecule has 4 N–H and O–H groups in total. The van der Waals surface area contributed by atoms with Gasteiger partial charge < -0.3 is 26.0 Å². The molecule has 0 spiro atoms. The van der Waals surface area contributed by atoms with E-state index in [0.717, 1.165) is 80.6 Å². The summed E-state index contributed by atoms with van der Waals surface area (Å²) in [7, 11) is 0. The molecule has 2 unspecified atom stereocenters. The molecule has 4 heterocycles. The quantitative estimate of drug-likeness (QED) is 0.324. The smallest absolute Gasteiger partial charge is 0.327 e. The highest BCUT2D eigenvalue weighted by atomic mass is 16.4. The normalized spacial score (nSPS) is 18.3. The average Bonchev–Trinajstić information content (AvgIpc) is 2.95. The Morgan fingerprint density at radius 1 is 1.16 bits per heavy atom. The molecule has 0 aliphatic carbocycles. The van der Waals surface area contributed by atoms with Gasteiger partial charge >= 0.3 is 5.97 Å². The Hall–Kier alpha value is -3.72. The summed E-state index contributed by atoms with van der Waals surface area (Å²) in [5.74, 6) is -0.187. The first-order valence-corrected chi connectivity index (χ1v) is 13.6. The summed E-state index contributed by atoms with van der Waals surface area (Å²) >= 11 is 0. The second-order valence-electron chi connectivity index (χ2n) is 10.2. The molecule has 38 heavy (non-hydrogen) atoms. The van der Waals surface area contributed by atoms with Crippen molar-refractivity contribution in [3.8, 4) is 0 Å². The number of rotatable bonds is 10. The topological polar surface area (TPSA) is 119 Å². The highest BCUT2D eigenvalue weighted by Crippen LogP contribution is 2.23. The zero-order valence-electron chi connectivity index (χ0n) is 21.7. The first kappa shape index (κ1) is 25.9. The number of amides is 1. The van der Waals surface area contributed by atoms with E-state index in [1.807, 2.05) is 24.3 Å². The van der Waals surface area contributed by atoms with Crippen LogP contribution in [0.4, 0.5) is 11.5 Å². The van der Waals surface area contributed by atoms with Crippen molar-refractivity contribution in [1.82, 2.24) is 20.2 Å². The molecular weight excluding hydrogens is 480 g/mol. The van der Waals surface area contributed by atoms with E-state index in [2.05, 4.69) is 38.0 Å². The number of hydrogen-bond acceptors (Lipinski definition) is 7. The fourth-order valence-electron chi connectivity index (χ4n) is 5.42. The van der Waals surface area contributed by atoms with Crippen molar-refractivity contribution in [3.63, 3.8) is 0 Å². The monoisotopic (exact) mass is 516 g/mol. The van der Waals surface area contributed by atoms with Gasteiger partial charge in [-0.05, 0) is 75.4 Å². The maximum absolute atomic E-state index is 13.0. The molecule has 9 heteroatoms. The molecule has 2 atom stereocenters. The number of aryl methyl sites for hydroxylation is 2. The van der Waals surface area contributed by atoms with Crippen molar-refractivity contribution < 1.29 is 14.7 Å². The number of carboxylic acids is 1. The van der Waals surface area contributed by atoms with Crippen LogP contribution >= 0.6 is 0 Å². The lowest BCUT2D eigenvalue weighted by molar-refractivity contribution is -0.138. The second kappa shape index (κ2) is 12.2. The zero-order valence-corrected chi connectivity index (χ0v) is 21.7. The molecule has 1 amide bonds. The number of likely N-dealkylation sites (tertiary alicyclic amines) is 1. The third-order valence-corrected chi connectivity index (χ3v) is 7.49. The van der Waals surface area contributed by atoms with Gasteiger partial charge in [0, 0.05) is 42.6 Å². The van der Waals surface area contributed by atoms with Crippen LogP contribution in [-0.4, -0.2) is 70.6 Å². The van der Waals surface area contributed by atoms with Crippen LogP contribution in [0.5, 0.6) is 0 Å². The summed E-state index contributed by atoms with van der Waals surface area (Å²) in [4.78, 5) is 36.4. The Labute approximate surface area is 223 Å². The number of nitrogens with zero attached hydrogens (tertiary/aromatic N) is 3. The largest absolute Gasteiger partial charge is 0.480 e. The predicted molar refractivity (Wildman–Crippen MR) is 148 cm³/mol. The number of hydrogen-bond donors (Lipinski definition) is 4. The molecule has 0 bridgehead atoms. The van der Waals surface area contributed by atoms with Crippen LogP contribution < -0.4 is 16.0 Å². The molecular formula is C29H36N6O3. The number of nitrogens with one attached hydrogen (secondary N) is 3. The second-order valence-corrected chi connectivity index (χ2v) is 10.2. The molecule has 0 radical (unpaired) electrons. The lowest BCUT2D eigenvalue weighted by Gasteiger charge is -2.32. The Bertz CT molecular complexity index is 1280. The van der Waals surface area contributed by atoms with Gasteiger partial charge in [0.25, 0.3) is 0 Å². The van der Waals surface area contributed by atoms with Gasteiger partial charge in [0.05, 0.1) is 11.4 Å². The highest BCUT2D eigenvalue weighted by molar-refractivity contribution is 5.93. The summed E-state index contributed by atoms with van der Waals surface area (Å²) in [6.45, 7) is 3.61. The predicted octanol–water partition coefficient (Wildman–Crippen LogP) is 3.31. The average molecular weight is 517 g/mol. The van der Waals surface area contributed by atoms with Crippen LogP contribution in [-0.2, 0) is 22.4 Å². The molecule has 2 aliphatic heterocycles. The van der Waals surface area contributed by atoms with Crippen LogP contribution in [0.3, 0.4) is 0 Å². The minimum Gasteiger partial charge on any atom is -0.480 e. The number of aliphatic carboxylic acids is 1. The fourth-order valence-corrected chi connectivity index (χ4v) is 5.42. The molecule has 9 nitrogen and oxygen atoms in total. The number of piperidine rings is 1. The third kappa shape index (κ3) is 6.39. The van der Waals surface area contributed by atoms with Crippen molar-refractivity contribution in [2.75, 3.05) is 43.4 Å². The zero-order chi connectivity index (χ0) is 26.3. The van der Waals surface area contributed by atoms with Gasteiger partial charge in [-0.2, -0.15) is 0 Å². The van der Waals surface area contributed by atoms with Gasteiger partial charge in [0.15, 0.2) is 0 Å². The maximum atomic E-state index is 13.0. The summed E-state index contributed by atoms with van der Waals surface area (Å²) < 4.78 is 0. The van der Waals surface area contributed by atoms with Gasteiger partial charge in [-0.3, -0.25) is 9.78 Å². The molecule has 2 aromatic heterocycles. The highest BCUT2D eigenvalue weighted by Gasteiger charge is 2.27. The SMILES string of the molecule is O=C(NCC(Nc1ccnc2ccccc12)C(=O)O)C1CCCN(CCCc2ccc3c(n2)NCCC3)C1. The molecule has 1 aromatic carbocycles. The van der Waals surface area contributed by atoms with E-state index < -0.39 is 12.0 Å². The number of carboxylic acid groups (broad SMARTS) is 1. The number of benzene rings is 1. The van der Waals surface area contributed by atoms with E-state index in [1.165, 1.54) is 5.56 Å². The van der Waals surface area contributed by atoms with Gasteiger partial charge in [0.2, 0.25) is 5.91 Å². The van der Waals surface area contributed by atoms with Crippen LogP contribution in [0.15, 0.2) is 48.7 Å². The number of aromatic nitrogens is 2. The van der Waals surface area contributed by atoms with Gasteiger partial charge in [-0.1, -0.05) is 24.3 Å². The Morgan fingerprint density at radius 3 is 2.95 bits per heavy atom. The standard InChI is InChI=1S/C29H36N6O3/c36-28(32-18-26(29(37)38)34-25-13-15-30-24-10-2-1-9-23(24)25)21-7-4-16-35(19-21)17-5-8-22-12-11-20-6-3-14-31-27(20)33-22/h1-2,9-13,15,21,26H,3-8,14,16-19H2,(H,30,34)(H,31,33)(H,32,36)(H,37,38). The number of anilines is 2. The summed E-state index contributed by atoms with van der Waals surface area (Å²) in [5, 5.41) is 20.0. The Balaban J connectivity index is 1.10. The van der Waals surface area contributed by atoms with E-state index in [4.69, 9.17) is 4.98 Å². The van der Waals surface area contributed by atoms with E-state index >= 15 is 0 Å². The van der Waals surface area contributed by atoms with E-state index in [1.54, 1.807) is 12.3 Å². The molecule has 200 valence electrons. The molecule has 1 fully saturated rings. The summed E-state index contributed by atoms with van der Waals surface area (Å²) in [6.07, 6.45) is 7.59. The van der Waals surface area contributed by atoms with Gasteiger partial charge in [-0.25, -0.2) is 9.78 Å². The first-order valence-electron chi connectivity index (χ1n) is 13.6. The molecule has 3 aromatic rings. The molecule has 0 saturated carbocycles. The van der Waals surface area contributed by atoms with Crippen molar-refractivity contribution in [1.29, 1.82) is 0 Å². The number of carbonyl (C=O) groups excluding carboxylic acids is 1. The van der Waals surface area contributed by atoms with Crippen molar-refractivity contribution in [2.45, 2.75) is 44.6 Å². The van der Waals surface area contributed by atoms with Gasteiger partial charge in [-0.15, -0.1) is 0 Å². The van der Waals surface area contributed by atoms with E-state index in [9.17, 15) is 14.7 Å². The molecule has 5 rings (SSSR count). The summed E-state index contributed by atoms with van der Waals surface area (Å²) in [5.41, 5.74) is 3.88. The van der Waals surface area contributed by atoms with E-state index in [0.29, 0.717) is 12.2 Å². The third-order valence-electron chi connectivity index (χ3n) is 7.49. The number of carbonyl (C=O) groups is 2. The Kier molecular flexibility index (Phi) is 8.33. The van der Waals surface area contributed by atoms with Crippen LogP contribution in [0.25, 0.3) is 10.9 Å². The minimum atomic E-state index is -1.01. The van der Waals surface area contributed by atoms with Crippen molar-refractivity contribution in [2.24, 2.45) is 5.92 Å². The van der Waals surface area contributed by atoms with Crippen molar-refractivity contribution >= 4 is 34.3 Å². The maximum Gasteiger partial charge on any atom is 0.327 e. The Morgan fingerprint density at radius 2 is 2.05 bits per heavy atom. The molecule has 2 aliphatic rings. The lowest BCUT2D eigenvalue weighted by Crippen LogP contribution is -2.47. The van der Waals surface area contributed by atoms with Crippen LogP contribution in [0.1, 0.15) is 36.9 Å². The van der Waals surface area contributed by atoms with E-state index in [-0.39, 0.29) is 18.4 Å².